The van der Waals surface area contributed by atoms with Crippen LogP contribution in [0.15, 0.2) is 73.3 Å². The number of carbonyl (C=O) groups is 1. The number of benzene rings is 1. The lowest BCUT2D eigenvalue weighted by Gasteiger charge is -1.90. The molecule has 6 nitrogen and oxygen atoms in total. The molecule has 2 aromatic heterocycles. The van der Waals surface area contributed by atoms with Crippen LogP contribution in [0.5, 0.6) is 0 Å². The van der Waals surface area contributed by atoms with Crippen LogP contribution in [-0.2, 0) is 0 Å². The molecule has 1 aromatic carbocycles. The summed E-state index contributed by atoms with van der Waals surface area (Å²) >= 11 is 0. The molecule has 0 radical (unpaired) electrons. The Morgan fingerprint density at radius 2 is 1.62 bits per heavy atom. The van der Waals surface area contributed by atoms with E-state index in [1.54, 1.807) is 30.9 Å². The van der Waals surface area contributed by atoms with Crippen molar-refractivity contribution in [3.8, 4) is 0 Å². The molecular formula is C18H15N5O. The van der Waals surface area contributed by atoms with Crippen LogP contribution in [0.4, 0.5) is 0 Å². The number of nitrogens with zero attached hydrogens (tertiary/aromatic N) is 3. The molecule has 0 unspecified atom stereocenters. The first-order valence-electron chi connectivity index (χ1n) is 7.29. The molecule has 0 spiro atoms. The SMILES string of the molecule is NC(=O)c1n[nH]c2cncc3ccccc3ccccnccc12. The standard InChI is InChI=1S/C18H15N5O/c19-18(24)17-15-8-10-20-9-4-3-6-13-5-1-2-7-14(13)11-21-12-16(15)22-23-17/h1-12H,(H2,19,24)(H,22,23). The molecule has 0 aliphatic carbocycles. The van der Waals surface area contributed by atoms with Crippen LogP contribution in [0.3, 0.4) is 0 Å². The van der Waals surface area contributed by atoms with Gasteiger partial charge in [-0.2, -0.15) is 5.10 Å². The van der Waals surface area contributed by atoms with Crippen LogP contribution in [0.25, 0.3) is 21.7 Å². The normalized spacial score (nSPS) is 10.0. The number of H-pyrrole nitrogens is 1. The molecule has 0 atom stereocenters. The van der Waals surface area contributed by atoms with Crippen LogP contribution < -0.4 is 5.73 Å². The van der Waals surface area contributed by atoms with Crippen molar-refractivity contribution < 1.29 is 4.79 Å². The van der Waals surface area contributed by atoms with Crippen molar-refractivity contribution in [2.24, 2.45) is 5.73 Å². The Labute approximate surface area is 138 Å². The summed E-state index contributed by atoms with van der Waals surface area (Å²) in [5, 5.41) is 9.27. The second kappa shape index (κ2) is 7.15. The van der Waals surface area contributed by atoms with Crippen LogP contribution in [0.1, 0.15) is 10.5 Å². The Kier molecular flexibility index (Phi) is 4.57. The molecule has 0 aliphatic rings. The minimum atomic E-state index is -0.612. The van der Waals surface area contributed by atoms with Crippen LogP contribution in [-0.4, -0.2) is 26.1 Å². The second-order valence-corrected chi connectivity index (χ2v) is 4.97. The number of primary amides is 1. The minimum absolute atomic E-state index is 0.152. The summed E-state index contributed by atoms with van der Waals surface area (Å²) in [7, 11) is 0. The number of hydrogen-bond acceptors (Lipinski definition) is 4. The zero-order chi connectivity index (χ0) is 16.8. The predicted molar refractivity (Wildman–Crippen MR) is 93.0 cm³/mol. The summed E-state index contributed by atoms with van der Waals surface area (Å²) in [6.45, 7) is 0. The lowest BCUT2D eigenvalue weighted by atomic mass is 10.2. The number of nitrogens with one attached hydrogen (secondary N) is 1. The van der Waals surface area contributed by atoms with E-state index in [0.717, 1.165) is 10.8 Å². The maximum absolute atomic E-state index is 11.5. The molecule has 0 saturated heterocycles. The van der Waals surface area contributed by atoms with Gasteiger partial charge in [0, 0.05) is 24.0 Å². The largest absolute Gasteiger partial charge is 0.364 e. The van der Waals surface area contributed by atoms with E-state index in [1.807, 2.05) is 42.5 Å². The molecule has 6 heteroatoms. The van der Waals surface area contributed by atoms with E-state index >= 15 is 0 Å². The van der Waals surface area contributed by atoms with Gasteiger partial charge in [-0.1, -0.05) is 36.4 Å². The van der Waals surface area contributed by atoms with Gasteiger partial charge in [-0.05, 0) is 22.9 Å². The van der Waals surface area contributed by atoms with Gasteiger partial charge in [-0.15, -0.1) is 0 Å². The Morgan fingerprint density at radius 3 is 2.42 bits per heavy atom. The highest BCUT2D eigenvalue weighted by atomic mass is 16.1. The number of aromatic amines is 1. The van der Waals surface area contributed by atoms with E-state index in [0.29, 0.717) is 10.9 Å². The quantitative estimate of drug-likeness (QED) is 0.721. The van der Waals surface area contributed by atoms with Gasteiger partial charge in [-0.3, -0.25) is 19.9 Å². The highest BCUT2D eigenvalue weighted by Gasteiger charge is 2.08. The predicted octanol–water partition coefficient (Wildman–Crippen LogP) is 2.85. The van der Waals surface area contributed by atoms with Gasteiger partial charge in [0.05, 0.1) is 11.7 Å². The summed E-state index contributed by atoms with van der Waals surface area (Å²) in [5.74, 6) is -0.612. The van der Waals surface area contributed by atoms with Gasteiger partial charge >= 0.3 is 0 Å². The molecular weight excluding hydrogens is 302 g/mol. The third kappa shape index (κ3) is 3.44. The number of nitrogens with two attached hydrogens (primary N) is 1. The fourth-order valence-corrected chi connectivity index (χ4v) is 2.22. The van der Waals surface area contributed by atoms with Crippen molar-refractivity contribution >= 4 is 27.6 Å². The van der Waals surface area contributed by atoms with Gasteiger partial charge < -0.3 is 5.73 Å². The van der Waals surface area contributed by atoms with Crippen LogP contribution in [0, 0.1) is 0 Å². The number of fused-ring (bicyclic) bond motifs is 2. The average Bonchev–Trinajstić information content (AvgIpc) is 2.98. The molecule has 2 heterocycles. The molecule has 0 fully saturated rings. The molecule has 0 bridgehead atoms. The zero-order valence-corrected chi connectivity index (χ0v) is 12.8. The summed E-state index contributed by atoms with van der Waals surface area (Å²) in [5.41, 5.74) is 6.08. The number of carbonyl (C=O) groups excluding carboxylic acids is 1. The third-order valence-electron chi connectivity index (χ3n) is 3.37. The lowest BCUT2D eigenvalue weighted by molar-refractivity contribution is 0.0997. The summed E-state index contributed by atoms with van der Waals surface area (Å²) in [4.78, 5) is 19.9. The minimum Gasteiger partial charge on any atom is -0.364 e. The van der Waals surface area contributed by atoms with Crippen molar-refractivity contribution in [3.05, 3.63) is 79.0 Å². The van der Waals surface area contributed by atoms with Crippen LogP contribution in [0.2, 0.25) is 0 Å². The highest BCUT2D eigenvalue weighted by Crippen LogP contribution is 2.12. The molecule has 0 aliphatic heterocycles. The van der Waals surface area contributed by atoms with Gasteiger partial charge in [0.25, 0.3) is 5.91 Å². The Balaban J connectivity index is 2.33. The first kappa shape index (κ1) is 15.4. The molecule has 3 aromatic rings. The van der Waals surface area contributed by atoms with E-state index < -0.39 is 5.91 Å². The Morgan fingerprint density at radius 1 is 0.875 bits per heavy atom. The van der Waals surface area contributed by atoms with Crippen molar-refractivity contribution in [1.29, 1.82) is 0 Å². The topological polar surface area (TPSA) is 97.6 Å². The third-order valence-corrected chi connectivity index (χ3v) is 3.37. The number of rotatable bonds is 1. The molecule has 24 heavy (non-hydrogen) atoms. The second-order valence-electron chi connectivity index (χ2n) is 4.97. The molecule has 0 saturated carbocycles. The van der Waals surface area contributed by atoms with Crippen molar-refractivity contribution in [1.82, 2.24) is 20.2 Å². The van der Waals surface area contributed by atoms with Gasteiger partial charge in [-0.25, -0.2) is 0 Å². The molecule has 3 N–H and O–H groups in total. The van der Waals surface area contributed by atoms with Gasteiger partial charge in [0.15, 0.2) is 5.69 Å². The van der Waals surface area contributed by atoms with E-state index in [1.165, 1.54) is 0 Å². The summed E-state index contributed by atoms with van der Waals surface area (Å²) in [6.07, 6.45) is 6.57. The van der Waals surface area contributed by atoms with Crippen LogP contribution >= 0.6 is 0 Å². The molecule has 118 valence electrons. The van der Waals surface area contributed by atoms with E-state index in [-0.39, 0.29) is 5.69 Å². The van der Waals surface area contributed by atoms with E-state index in [4.69, 9.17) is 5.73 Å². The Hall–Kier alpha value is -3.54. The maximum atomic E-state index is 11.5. The number of amides is 1. The first-order chi connectivity index (χ1) is 11.8. The van der Waals surface area contributed by atoms with Gasteiger partial charge in [0.2, 0.25) is 0 Å². The zero-order valence-electron chi connectivity index (χ0n) is 12.8. The lowest BCUT2D eigenvalue weighted by Crippen LogP contribution is -2.11. The van der Waals surface area contributed by atoms with E-state index in [9.17, 15) is 4.79 Å². The smallest absolute Gasteiger partial charge is 0.269 e. The number of aromatic nitrogens is 4. The Bertz CT molecular complexity index is 1010. The average molecular weight is 317 g/mol. The fourth-order valence-electron chi connectivity index (χ4n) is 2.22. The maximum Gasteiger partial charge on any atom is 0.269 e. The molecule has 1 amide bonds. The van der Waals surface area contributed by atoms with Crippen molar-refractivity contribution in [2.75, 3.05) is 0 Å². The van der Waals surface area contributed by atoms with Gasteiger partial charge in [0.1, 0.15) is 0 Å². The molecule has 3 rings (SSSR count). The van der Waals surface area contributed by atoms with Crippen molar-refractivity contribution in [3.63, 3.8) is 0 Å². The van der Waals surface area contributed by atoms with E-state index in [2.05, 4.69) is 20.2 Å². The highest BCUT2D eigenvalue weighted by molar-refractivity contribution is 6.03. The van der Waals surface area contributed by atoms with Crippen molar-refractivity contribution in [2.45, 2.75) is 0 Å². The summed E-state index contributed by atoms with van der Waals surface area (Å²) < 4.78 is 0. The summed E-state index contributed by atoms with van der Waals surface area (Å²) in [6, 6.07) is 15.3. The fraction of sp³-hybridized carbons (Fsp3) is 0. The monoisotopic (exact) mass is 317 g/mol. The first-order valence-corrected chi connectivity index (χ1v) is 7.29. The number of hydrogen-bond donors (Lipinski definition) is 2.